The molecule has 1 saturated heterocycles. The van der Waals surface area contributed by atoms with Crippen molar-refractivity contribution in [2.45, 2.75) is 13.8 Å². The van der Waals surface area contributed by atoms with Gasteiger partial charge < -0.3 is 9.80 Å². The summed E-state index contributed by atoms with van der Waals surface area (Å²) in [6, 6.07) is 1.83. The fourth-order valence-electron chi connectivity index (χ4n) is 2.46. The molecule has 0 aliphatic carbocycles. The zero-order valence-electron chi connectivity index (χ0n) is 12.1. The minimum absolute atomic E-state index is 0.534. The third kappa shape index (κ3) is 2.90. The van der Waals surface area contributed by atoms with Crippen LogP contribution < -0.4 is 9.80 Å². The number of aromatic nitrogens is 4. The van der Waals surface area contributed by atoms with Crippen LogP contribution in [0.3, 0.4) is 0 Å². The van der Waals surface area contributed by atoms with Gasteiger partial charge in [0, 0.05) is 44.1 Å². The van der Waals surface area contributed by atoms with Gasteiger partial charge in [0.05, 0.1) is 0 Å². The lowest BCUT2D eigenvalue weighted by molar-refractivity contribution is 0.631. The molecule has 6 nitrogen and oxygen atoms in total. The highest BCUT2D eigenvalue weighted by Gasteiger charge is 2.22. The van der Waals surface area contributed by atoms with Crippen LogP contribution in [0.2, 0.25) is 5.15 Å². The highest BCUT2D eigenvalue weighted by atomic mass is 35.5. The van der Waals surface area contributed by atoms with Crippen LogP contribution in [0.15, 0.2) is 18.5 Å². The first-order valence-electron chi connectivity index (χ1n) is 6.93. The first-order chi connectivity index (χ1) is 10.1. The molecule has 21 heavy (non-hydrogen) atoms. The van der Waals surface area contributed by atoms with Gasteiger partial charge in [0.1, 0.15) is 16.8 Å². The van der Waals surface area contributed by atoms with Gasteiger partial charge >= 0.3 is 0 Å². The largest absolute Gasteiger partial charge is 0.353 e. The lowest BCUT2D eigenvalue weighted by Crippen LogP contribution is -2.47. The van der Waals surface area contributed by atoms with Crippen molar-refractivity contribution in [2.75, 3.05) is 36.0 Å². The maximum Gasteiger partial charge on any atom is 0.225 e. The zero-order valence-corrected chi connectivity index (χ0v) is 12.9. The van der Waals surface area contributed by atoms with Gasteiger partial charge in [-0.15, -0.1) is 0 Å². The van der Waals surface area contributed by atoms with Crippen LogP contribution >= 0.6 is 11.6 Å². The molecule has 1 aliphatic rings. The summed E-state index contributed by atoms with van der Waals surface area (Å²) in [5, 5.41) is 0.534. The molecule has 3 rings (SSSR count). The van der Waals surface area contributed by atoms with E-state index in [4.69, 9.17) is 11.6 Å². The molecule has 0 amide bonds. The number of halogens is 1. The van der Waals surface area contributed by atoms with Crippen molar-refractivity contribution in [1.82, 2.24) is 19.9 Å². The minimum atomic E-state index is 0.534. The van der Waals surface area contributed by atoms with E-state index in [1.165, 1.54) is 0 Å². The smallest absolute Gasteiger partial charge is 0.225 e. The summed E-state index contributed by atoms with van der Waals surface area (Å²) in [5.74, 6) is 2.42. The van der Waals surface area contributed by atoms with Crippen LogP contribution in [-0.2, 0) is 0 Å². The second-order valence-corrected chi connectivity index (χ2v) is 5.39. The average molecular weight is 305 g/mol. The van der Waals surface area contributed by atoms with Gasteiger partial charge in [-0.25, -0.2) is 19.9 Å². The number of aryl methyl sites for hydroxylation is 1. The molecule has 3 heterocycles. The molecule has 110 valence electrons. The molecule has 2 aromatic heterocycles. The molecule has 1 aliphatic heterocycles. The monoisotopic (exact) mass is 304 g/mol. The van der Waals surface area contributed by atoms with Crippen LogP contribution in [0, 0.1) is 13.8 Å². The normalized spacial score (nSPS) is 15.4. The molecule has 0 spiro atoms. The van der Waals surface area contributed by atoms with Crippen molar-refractivity contribution in [3.05, 3.63) is 35.0 Å². The van der Waals surface area contributed by atoms with Gasteiger partial charge in [0.2, 0.25) is 5.95 Å². The third-order valence-electron chi connectivity index (χ3n) is 3.59. The predicted octanol–water partition coefficient (Wildman–Crippen LogP) is 1.86. The summed E-state index contributed by atoms with van der Waals surface area (Å²) >= 11 is 6.15. The van der Waals surface area contributed by atoms with Crippen molar-refractivity contribution in [3.63, 3.8) is 0 Å². The Balaban J connectivity index is 1.74. The molecular weight excluding hydrogens is 288 g/mol. The summed E-state index contributed by atoms with van der Waals surface area (Å²) in [6.07, 6.45) is 3.54. The van der Waals surface area contributed by atoms with E-state index in [0.29, 0.717) is 11.0 Å². The number of anilines is 2. The first kappa shape index (κ1) is 14.0. The highest BCUT2D eigenvalue weighted by molar-refractivity contribution is 6.30. The van der Waals surface area contributed by atoms with Crippen LogP contribution in [0.25, 0.3) is 0 Å². The Hall–Kier alpha value is -1.95. The van der Waals surface area contributed by atoms with Gasteiger partial charge in [-0.1, -0.05) is 11.6 Å². The Labute approximate surface area is 128 Å². The van der Waals surface area contributed by atoms with E-state index < -0.39 is 0 Å². The number of piperazine rings is 1. The van der Waals surface area contributed by atoms with E-state index in [1.54, 1.807) is 12.4 Å². The molecular formula is C14H17ClN6. The van der Waals surface area contributed by atoms with Gasteiger partial charge in [-0.05, 0) is 19.9 Å². The Kier molecular flexibility index (Phi) is 3.88. The topological polar surface area (TPSA) is 58.0 Å². The fraction of sp³-hybridized carbons (Fsp3) is 0.429. The molecule has 0 N–H and O–H groups in total. The quantitative estimate of drug-likeness (QED) is 0.789. The average Bonchev–Trinajstić information content (AvgIpc) is 2.52. The maximum absolute atomic E-state index is 6.15. The lowest BCUT2D eigenvalue weighted by Gasteiger charge is -2.36. The SMILES string of the molecule is Cc1nc(Cl)c(C)c(N2CCN(c3ncccn3)CC2)n1. The second kappa shape index (κ2) is 5.81. The van der Waals surface area contributed by atoms with Crippen molar-refractivity contribution in [2.24, 2.45) is 0 Å². The summed E-state index contributed by atoms with van der Waals surface area (Å²) in [5.41, 5.74) is 0.937. The molecule has 0 unspecified atom stereocenters. The molecule has 7 heteroatoms. The molecule has 0 saturated carbocycles. The summed E-state index contributed by atoms with van der Waals surface area (Å²) in [6.45, 7) is 7.29. The third-order valence-corrected chi connectivity index (χ3v) is 3.95. The summed E-state index contributed by atoms with van der Waals surface area (Å²) in [4.78, 5) is 21.7. The van der Waals surface area contributed by atoms with Gasteiger partial charge in [-0.3, -0.25) is 0 Å². The highest BCUT2D eigenvalue weighted by Crippen LogP contribution is 2.24. The number of nitrogens with zero attached hydrogens (tertiary/aromatic N) is 6. The Morgan fingerprint density at radius 1 is 0.952 bits per heavy atom. The number of hydrogen-bond donors (Lipinski definition) is 0. The second-order valence-electron chi connectivity index (χ2n) is 5.03. The number of hydrogen-bond acceptors (Lipinski definition) is 6. The Morgan fingerprint density at radius 3 is 2.24 bits per heavy atom. The molecule has 2 aromatic rings. The van der Waals surface area contributed by atoms with E-state index in [9.17, 15) is 0 Å². The van der Waals surface area contributed by atoms with Crippen molar-refractivity contribution in [1.29, 1.82) is 0 Å². The van der Waals surface area contributed by atoms with Gasteiger partial charge in [0.15, 0.2) is 0 Å². The number of rotatable bonds is 2. The molecule has 0 aromatic carbocycles. The van der Waals surface area contributed by atoms with E-state index >= 15 is 0 Å². The Bertz CT molecular complexity index is 625. The standard InChI is InChI=1S/C14H17ClN6/c1-10-12(15)18-11(2)19-13(10)20-6-8-21(9-7-20)14-16-4-3-5-17-14/h3-5H,6-9H2,1-2H3. The maximum atomic E-state index is 6.15. The van der Waals surface area contributed by atoms with Crippen LogP contribution in [0.1, 0.15) is 11.4 Å². The van der Waals surface area contributed by atoms with Crippen molar-refractivity contribution < 1.29 is 0 Å². The van der Waals surface area contributed by atoms with E-state index in [2.05, 4.69) is 29.7 Å². The molecule has 0 bridgehead atoms. The molecule has 0 atom stereocenters. The summed E-state index contributed by atoms with van der Waals surface area (Å²) in [7, 11) is 0. The van der Waals surface area contributed by atoms with Crippen LogP contribution in [0.5, 0.6) is 0 Å². The van der Waals surface area contributed by atoms with Crippen molar-refractivity contribution >= 4 is 23.4 Å². The van der Waals surface area contributed by atoms with E-state index in [0.717, 1.165) is 43.5 Å². The molecule has 1 fully saturated rings. The van der Waals surface area contributed by atoms with Gasteiger partial charge in [0.25, 0.3) is 0 Å². The van der Waals surface area contributed by atoms with Gasteiger partial charge in [-0.2, -0.15) is 0 Å². The van der Waals surface area contributed by atoms with E-state index in [1.807, 2.05) is 19.9 Å². The summed E-state index contributed by atoms with van der Waals surface area (Å²) < 4.78 is 0. The van der Waals surface area contributed by atoms with Crippen molar-refractivity contribution in [3.8, 4) is 0 Å². The Morgan fingerprint density at radius 2 is 1.57 bits per heavy atom. The first-order valence-corrected chi connectivity index (χ1v) is 7.30. The minimum Gasteiger partial charge on any atom is -0.353 e. The zero-order chi connectivity index (χ0) is 14.8. The predicted molar refractivity (Wildman–Crippen MR) is 83.0 cm³/mol. The van der Waals surface area contributed by atoms with Crippen LogP contribution in [-0.4, -0.2) is 46.1 Å². The van der Waals surface area contributed by atoms with E-state index in [-0.39, 0.29) is 0 Å². The lowest BCUT2D eigenvalue weighted by atomic mass is 10.2. The molecule has 0 radical (unpaired) electrons. The van der Waals surface area contributed by atoms with Crippen LogP contribution in [0.4, 0.5) is 11.8 Å². The fourth-order valence-corrected chi connectivity index (χ4v) is 2.67.